The molecule has 2 nitrogen and oxygen atoms in total. The minimum Gasteiger partial charge on any atom is -0.301 e. The minimum atomic E-state index is -0.420. The lowest BCUT2D eigenvalue weighted by Crippen LogP contribution is -2.28. The highest BCUT2D eigenvalue weighted by molar-refractivity contribution is 6.03. The van der Waals surface area contributed by atoms with Crippen LogP contribution in [0, 0.1) is 0 Å². The molecule has 0 saturated heterocycles. The Morgan fingerprint density at radius 2 is 1.18 bits per heavy atom. The van der Waals surface area contributed by atoms with Crippen LogP contribution < -0.4 is 0 Å². The van der Waals surface area contributed by atoms with Gasteiger partial charge in [-0.3, -0.25) is 0 Å². The van der Waals surface area contributed by atoms with Crippen molar-refractivity contribution < 1.29 is 0 Å². The molecular weight excluding hydrogens is 484 g/mol. The molecule has 0 saturated carbocycles. The molecule has 2 heterocycles. The van der Waals surface area contributed by atoms with Crippen molar-refractivity contribution in [2.75, 3.05) is 0 Å². The summed E-state index contributed by atoms with van der Waals surface area (Å²) in [5, 5.41) is 1.21. The lowest BCUT2D eigenvalue weighted by molar-refractivity contribution is 0.769. The van der Waals surface area contributed by atoms with Crippen molar-refractivity contribution in [2.45, 2.75) is 5.41 Å². The molecule has 0 aliphatic heterocycles. The second-order valence-electron chi connectivity index (χ2n) is 10.4. The quantitative estimate of drug-likeness (QED) is 0.231. The third-order valence-electron chi connectivity index (χ3n) is 8.37. The van der Waals surface area contributed by atoms with E-state index < -0.39 is 5.41 Å². The van der Waals surface area contributed by atoms with Crippen molar-refractivity contribution in [3.63, 3.8) is 0 Å². The van der Waals surface area contributed by atoms with Crippen molar-refractivity contribution in [2.24, 2.45) is 0 Å². The first-order valence-corrected chi connectivity index (χ1v) is 13.7. The maximum atomic E-state index is 4.85. The fraction of sp³-hybridized carbons (Fsp3) is 0.0263. The normalized spacial score (nSPS) is 13.2. The summed E-state index contributed by atoms with van der Waals surface area (Å²) in [6, 6.07) is 52.4. The van der Waals surface area contributed by atoms with Gasteiger partial charge >= 0.3 is 0 Å². The first-order chi connectivity index (χ1) is 19.9. The van der Waals surface area contributed by atoms with Crippen molar-refractivity contribution in [1.82, 2.24) is 9.55 Å². The van der Waals surface area contributed by atoms with Crippen molar-refractivity contribution in [3.05, 3.63) is 180 Å². The van der Waals surface area contributed by atoms with Gasteiger partial charge in [0.05, 0.1) is 10.9 Å². The number of rotatable bonds is 4. The zero-order chi connectivity index (χ0) is 26.5. The molecule has 0 spiro atoms. The molecule has 188 valence electrons. The lowest BCUT2D eigenvalue weighted by Gasteiger charge is -2.33. The maximum Gasteiger partial charge on any atom is 0.137 e. The van der Waals surface area contributed by atoms with Crippen LogP contribution in [0.5, 0.6) is 0 Å². The van der Waals surface area contributed by atoms with E-state index in [1.807, 2.05) is 6.20 Å². The minimum absolute atomic E-state index is 0.420. The van der Waals surface area contributed by atoms with Gasteiger partial charge in [-0.25, -0.2) is 4.98 Å². The van der Waals surface area contributed by atoms with Gasteiger partial charge in [0.15, 0.2) is 0 Å². The smallest absolute Gasteiger partial charge is 0.137 e. The monoisotopic (exact) mass is 510 g/mol. The number of pyridine rings is 1. The molecule has 0 fully saturated rings. The van der Waals surface area contributed by atoms with Crippen LogP contribution >= 0.6 is 0 Å². The summed E-state index contributed by atoms with van der Waals surface area (Å²) in [5.41, 5.74) is 10.8. The average molecular weight is 511 g/mol. The van der Waals surface area contributed by atoms with Crippen LogP contribution in [0.25, 0.3) is 39.0 Å². The van der Waals surface area contributed by atoms with E-state index in [9.17, 15) is 0 Å². The van der Waals surface area contributed by atoms with E-state index in [0.717, 1.165) is 11.4 Å². The van der Waals surface area contributed by atoms with Crippen molar-refractivity contribution >= 4 is 10.9 Å². The summed E-state index contributed by atoms with van der Waals surface area (Å²) >= 11 is 0. The molecule has 7 aromatic rings. The Hall–Kier alpha value is -5.21. The number of hydrogen-bond donors (Lipinski definition) is 0. The highest BCUT2D eigenvalue weighted by Gasteiger charge is 2.46. The van der Waals surface area contributed by atoms with Crippen LogP contribution in [0.1, 0.15) is 22.3 Å². The van der Waals surface area contributed by atoms with Crippen LogP contribution in [0.2, 0.25) is 0 Å². The van der Waals surface area contributed by atoms with Gasteiger partial charge in [-0.15, -0.1) is 0 Å². The van der Waals surface area contributed by atoms with E-state index in [0.29, 0.717) is 0 Å². The largest absolute Gasteiger partial charge is 0.301 e. The zero-order valence-electron chi connectivity index (χ0n) is 21.9. The molecule has 0 atom stereocenters. The highest BCUT2D eigenvalue weighted by atomic mass is 15.0. The number of nitrogens with zero attached hydrogens (tertiary/aromatic N) is 2. The van der Waals surface area contributed by atoms with Crippen molar-refractivity contribution in [1.29, 1.82) is 0 Å². The van der Waals surface area contributed by atoms with Crippen LogP contribution in [0.3, 0.4) is 0 Å². The zero-order valence-corrected chi connectivity index (χ0v) is 21.9. The molecule has 8 rings (SSSR count). The van der Waals surface area contributed by atoms with E-state index in [-0.39, 0.29) is 0 Å². The third-order valence-corrected chi connectivity index (χ3v) is 8.37. The second-order valence-corrected chi connectivity index (χ2v) is 10.4. The van der Waals surface area contributed by atoms with Gasteiger partial charge in [-0.05, 0) is 57.1 Å². The molecule has 1 aliphatic carbocycles. The predicted molar refractivity (Wildman–Crippen MR) is 164 cm³/mol. The average Bonchev–Trinajstić information content (AvgIpc) is 3.60. The Kier molecular flexibility index (Phi) is 5.08. The Bertz CT molecular complexity index is 1950. The van der Waals surface area contributed by atoms with E-state index in [4.69, 9.17) is 4.98 Å². The molecule has 0 radical (unpaired) electrons. The fourth-order valence-electron chi connectivity index (χ4n) is 6.71. The number of benzene rings is 5. The molecule has 0 N–H and O–H groups in total. The Balaban J connectivity index is 1.46. The fourth-order valence-corrected chi connectivity index (χ4v) is 6.71. The number of hydrogen-bond acceptors (Lipinski definition) is 1. The van der Waals surface area contributed by atoms with Gasteiger partial charge in [0.2, 0.25) is 0 Å². The summed E-state index contributed by atoms with van der Waals surface area (Å²) in [4.78, 5) is 4.85. The Labute approximate surface area is 233 Å². The van der Waals surface area contributed by atoms with Crippen LogP contribution in [0.15, 0.2) is 158 Å². The maximum absolute atomic E-state index is 4.85. The van der Waals surface area contributed by atoms with Gasteiger partial charge < -0.3 is 4.57 Å². The molecule has 2 heteroatoms. The lowest BCUT2D eigenvalue weighted by atomic mass is 9.67. The highest BCUT2D eigenvalue weighted by Crippen LogP contribution is 2.57. The number of aromatic nitrogens is 2. The first-order valence-electron chi connectivity index (χ1n) is 13.7. The van der Waals surface area contributed by atoms with Gasteiger partial charge in [0.1, 0.15) is 5.82 Å². The molecular formula is C38H26N2. The number of fused-ring (bicyclic) bond motifs is 5. The van der Waals surface area contributed by atoms with Gasteiger partial charge in [-0.1, -0.05) is 127 Å². The topological polar surface area (TPSA) is 17.8 Å². The molecule has 0 amide bonds. The molecule has 40 heavy (non-hydrogen) atoms. The summed E-state index contributed by atoms with van der Waals surface area (Å²) < 4.78 is 2.27. The predicted octanol–water partition coefficient (Wildman–Crippen LogP) is 9.06. The van der Waals surface area contributed by atoms with Crippen LogP contribution in [-0.2, 0) is 5.41 Å². The van der Waals surface area contributed by atoms with Crippen LogP contribution in [0.4, 0.5) is 0 Å². The van der Waals surface area contributed by atoms with Gasteiger partial charge in [-0.2, -0.15) is 0 Å². The van der Waals surface area contributed by atoms with Gasteiger partial charge in [0.25, 0.3) is 0 Å². The van der Waals surface area contributed by atoms with Crippen molar-refractivity contribution in [3.8, 4) is 28.1 Å². The van der Waals surface area contributed by atoms with Crippen LogP contribution in [-0.4, -0.2) is 9.55 Å². The summed E-state index contributed by atoms with van der Waals surface area (Å²) in [5.74, 6) is 0.916. The summed E-state index contributed by atoms with van der Waals surface area (Å²) in [6.45, 7) is 0. The summed E-state index contributed by atoms with van der Waals surface area (Å²) in [7, 11) is 0. The molecule has 5 aromatic carbocycles. The molecule has 0 bridgehead atoms. The molecule has 2 aromatic heterocycles. The first kappa shape index (κ1) is 22.7. The summed E-state index contributed by atoms with van der Waals surface area (Å²) in [6.07, 6.45) is 4.08. The van der Waals surface area contributed by atoms with Gasteiger partial charge in [0, 0.05) is 23.3 Å². The van der Waals surface area contributed by atoms with E-state index in [1.165, 1.54) is 49.8 Å². The third kappa shape index (κ3) is 3.20. The second kappa shape index (κ2) is 8.93. The molecule has 1 aliphatic rings. The SMILES string of the molecule is c1ccc(-c2ccnc(-n3ccc4ccc5c(c43)-c3ccccc3C5(c3ccccc3)c3ccccc3)c2)cc1. The Morgan fingerprint density at radius 3 is 1.90 bits per heavy atom. The Morgan fingerprint density at radius 1 is 0.525 bits per heavy atom. The van der Waals surface area contributed by atoms with E-state index in [2.05, 4.69) is 156 Å². The molecule has 0 unspecified atom stereocenters. The van der Waals surface area contributed by atoms with E-state index in [1.54, 1.807) is 0 Å². The van der Waals surface area contributed by atoms with E-state index >= 15 is 0 Å². The standard InChI is InChI=1S/C38H26N2/c1-4-12-27(13-5-1)29-22-24-39-35(26-29)40-25-23-28-20-21-34-36(37(28)40)32-18-10-11-19-33(32)38(34,30-14-6-2-7-15-30)31-16-8-3-9-17-31/h1-26H.